The molecule has 1 aromatic carbocycles. The first-order chi connectivity index (χ1) is 15.5. The highest BCUT2D eigenvalue weighted by Crippen LogP contribution is 2.27. The number of aliphatic hydroxyl groups excluding tert-OH is 1. The molecular formula is C25H34N2O4S. The summed E-state index contributed by atoms with van der Waals surface area (Å²) in [6.07, 6.45) is 3.67. The van der Waals surface area contributed by atoms with Crippen LogP contribution in [0.25, 0.3) is 0 Å². The summed E-state index contributed by atoms with van der Waals surface area (Å²) in [5, 5.41) is 16.0. The van der Waals surface area contributed by atoms with E-state index in [0.717, 1.165) is 42.1 Å². The lowest BCUT2D eigenvalue weighted by Crippen LogP contribution is -2.46. The van der Waals surface area contributed by atoms with Crippen molar-refractivity contribution in [3.05, 3.63) is 51.7 Å². The van der Waals surface area contributed by atoms with Crippen molar-refractivity contribution in [1.82, 2.24) is 10.2 Å². The molecule has 1 amide bonds. The van der Waals surface area contributed by atoms with Crippen LogP contribution in [0.2, 0.25) is 0 Å². The molecule has 0 saturated carbocycles. The molecule has 3 rings (SSSR count). The number of nitrogens with zero attached hydrogens (tertiary/aromatic N) is 1. The molecule has 0 aliphatic carbocycles. The number of carbonyl (C=O) groups excluding carboxylic acids is 2. The van der Waals surface area contributed by atoms with Gasteiger partial charge in [0.25, 0.3) is 0 Å². The summed E-state index contributed by atoms with van der Waals surface area (Å²) >= 11 is 1.53. The van der Waals surface area contributed by atoms with Crippen LogP contribution in [0.3, 0.4) is 0 Å². The van der Waals surface area contributed by atoms with Crippen LogP contribution in [0.5, 0.6) is 5.75 Å². The topological polar surface area (TPSA) is 78.9 Å². The molecule has 2 heterocycles. The number of hydrogen-bond acceptors (Lipinski definition) is 6. The number of aliphatic hydroxyl groups is 1. The third-order valence-corrected chi connectivity index (χ3v) is 7.11. The Kier molecular flexibility index (Phi) is 9.26. The van der Waals surface area contributed by atoms with Crippen molar-refractivity contribution in [2.24, 2.45) is 0 Å². The number of Topliss-reactive ketones (excluding diaryl/α,β-unsaturated/α-hetero) is 1. The molecule has 1 aliphatic heterocycles. The number of aryl methyl sites for hydroxylation is 1. The van der Waals surface area contributed by atoms with Crippen molar-refractivity contribution in [2.45, 2.75) is 57.6 Å². The number of carbonyl (C=O) groups is 2. The molecule has 0 spiro atoms. The van der Waals surface area contributed by atoms with E-state index < -0.39 is 6.10 Å². The molecule has 174 valence electrons. The highest BCUT2D eigenvalue weighted by Gasteiger charge is 2.28. The lowest BCUT2D eigenvalue weighted by Gasteiger charge is -2.28. The molecule has 0 radical (unpaired) electrons. The Morgan fingerprint density at radius 2 is 1.81 bits per heavy atom. The average molecular weight is 459 g/mol. The molecule has 1 fully saturated rings. The number of thiophene rings is 1. The van der Waals surface area contributed by atoms with Crippen molar-refractivity contribution < 1.29 is 19.4 Å². The number of ketones is 1. The van der Waals surface area contributed by atoms with Crippen molar-refractivity contribution in [2.75, 3.05) is 26.7 Å². The molecule has 1 aromatic heterocycles. The number of nitrogens with one attached hydrogen (secondary N) is 1. The maximum atomic E-state index is 12.6. The zero-order valence-corrected chi connectivity index (χ0v) is 19.8. The Morgan fingerprint density at radius 3 is 2.44 bits per heavy atom. The maximum Gasteiger partial charge on any atom is 0.220 e. The molecule has 7 heteroatoms. The first kappa shape index (κ1) is 24.4. The summed E-state index contributed by atoms with van der Waals surface area (Å²) in [5.41, 5.74) is 1.72. The summed E-state index contributed by atoms with van der Waals surface area (Å²) in [6.45, 7) is 4.66. The van der Waals surface area contributed by atoms with Crippen LogP contribution in [-0.4, -0.2) is 54.5 Å². The van der Waals surface area contributed by atoms with Gasteiger partial charge in [-0.3, -0.25) is 9.59 Å². The fourth-order valence-electron chi connectivity index (χ4n) is 4.11. The van der Waals surface area contributed by atoms with Crippen LogP contribution >= 0.6 is 11.3 Å². The van der Waals surface area contributed by atoms with Gasteiger partial charge in [0.05, 0.1) is 13.2 Å². The second-order valence-corrected chi connectivity index (χ2v) is 9.40. The van der Waals surface area contributed by atoms with Gasteiger partial charge in [-0.1, -0.05) is 0 Å². The van der Waals surface area contributed by atoms with E-state index in [2.05, 4.69) is 10.2 Å². The van der Waals surface area contributed by atoms with E-state index in [1.54, 1.807) is 31.4 Å². The van der Waals surface area contributed by atoms with Gasteiger partial charge in [0, 0.05) is 29.8 Å². The van der Waals surface area contributed by atoms with Gasteiger partial charge in [0.1, 0.15) is 11.9 Å². The summed E-state index contributed by atoms with van der Waals surface area (Å²) < 4.78 is 5.12. The Balaban J connectivity index is 1.47. The molecule has 1 aliphatic rings. The zero-order valence-electron chi connectivity index (χ0n) is 19.0. The Morgan fingerprint density at radius 1 is 1.12 bits per heavy atom. The fourth-order valence-corrected chi connectivity index (χ4v) is 5.09. The number of likely N-dealkylation sites (tertiary alicyclic amines) is 1. The van der Waals surface area contributed by atoms with Crippen molar-refractivity contribution in [3.8, 4) is 5.75 Å². The molecular weight excluding hydrogens is 424 g/mol. The van der Waals surface area contributed by atoms with Gasteiger partial charge >= 0.3 is 0 Å². The third-order valence-electron chi connectivity index (χ3n) is 6.02. The molecule has 0 bridgehead atoms. The zero-order chi connectivity index (χ0) is 22.9. The van der Waals surface area contributed by atoms with E-state index in [0.29, 0.717) is 37.8 Å². The second-order valence-electron chi connectivity index (χ2n) is 8.45. The SMILES string of the molecule is COc1ccc(C(=O)CCCCC(=O)N[C@H](CN2CCCC2)[C@H](O)c2sccc2C)cc1. The highest BCUT2D eigenvalue weighted by molar-refractivity contribution is 7.10. The summed E-state index contributed by atoms with van der Waals surface area (Å²) in [4.78, 5) is 28.2. The molecule has 2 aromatic rings. The minimum Gasteiger partial charge on any atom is -0.497 e. The molecule has 32 heavy (non-hydrogen) atoms. The van der Waals surface area contributed by atoms with Crippen LogP contribution in [-0.2, 0) is 4.79 Å². The van der Waals surface area contributed by atoms with Gasteiger partial charge in [-0.2, -0.15) is 0 Å². The van der Waals surface area contributed by atoms with Crippen LogP contribution in [0, 0.1) is 6.92 Å². The van der Waals surface area contributed by atoms with Gasteiger partial charge in [-0.15, -0.1) is 11.3 Å². The van der Waals surface area contributed by atoms with Crippen LogP contribution < -0.4 is 10.1 Å². The smallest absolute Gasteiger partial charge is 0.220 e. The molecule has 1 saturated heterocycles. The fraction of sp³-hybridized carbons (Fsp3) is 0.520. The quantitative estimate of drug-likeness (QED) is 0.369. The normalized spacial score (nSPS) is 16.0. The Bertz CT molecular complexity index is 874. The van der Waals surface area contributed by atoms with Gasteiger partial charge in [0.15, 0.2) is 5.78 Å². The predicted octanol–water partition coefficient (Wildman–Crippen LogP) is 4.12. The van der Waals surface area contributed by atoms with E-state index in [4.69, 9.17) is 4.74 Å². The standard InChI is InChI=1S/C25H34N2O4S/c1-18-13-16-32-25(18)24(30)21(17-27-14-5-6-15-27)26-23(29)8-4-3-7-22(28)19-9-11-20(31-2)12-10-19/h9-13,16,21,24,30H,3-8,14-15,17H2,1-2H3,(H,26,29)/t21-,24+/m1/s1. The Hall–Kier alpha value is -2.22. The summed E-state index contributed by atoms with van der Waals surface area (Å²) in [5.74, 6) is 0.726. The van der Waals surface area contributed by atoms with E-state index in [1.165, 1.54) is 11.3 Å². The number of methoxy groups -OCH3 is 1. The van der Waals surface area contributed by atoms with Crippen LogP contribution in [0.15, 0.2) is 35.7 Å². The van der Waals surface area contributed by atoms with Crippen LogP contribution in [0.1, 0.15) is 65.4 Å². The maximum absolute atomic E-state index is 12.6. The first-order valence-corrected chi connectivity index (χ1v) is 12.3. The Labute approximate surface area is 194 Å². The number of amides is 1. The molecule has 0 unspecified atom stereocenters. The minimum atomic E-state index is -0.712. The van der Waals surface area contributed by atoms with E-state index in [1.807, 2.05) is 18.4 Å². The second kappa shape index (κ2) is 12.1. The third kappa shape index (κ3) is 6.89. The predicted molar refractivity (Wildman–Crippen MR) is 127 cm³/mol. The van der Waals surface area contributed by atoms with E-state index in [-0.39, 0.29) is 17.7 Å². The van der Waals surface area contributed by atoms with Crippen molar-refractivity contribution in [3.63, 3.8) is 0 Å². The molecule has 2 atom stereocenters. The number of unbranched alkanes of at least 4 members (excludes halogenated alkanes) is 1. The largest absolute Gasteiger partial charge is 0.497 e. The number of benzene rings is 1. The van der Waals surface area contributed by atoms with Crippen molar-refractivity contribution >= 4 is 23.0 Å². The number of hydrogen-bond donors (Lipinski definition) is 2. The lowest BCUT2D eigenvalue weighted by atomic mass is 10.0. The minimum absolute atomic E-state index is 0.0700. The molecule has 6 nitrogen and oxygen atoms in total. The lowest BCUT2D eigenvalue weighted by molar-refractivity contribution is -0.123. The summed E-state index contributed by atoms with van der Waals surface area (Å²) in [7, 11) is 1.60. The van der Waals surface area contributed by atoms with Crippen LogP contribution in [0.4, 0.5) is 0 Å². The van der Waals surface area contributed by atoms with Crippen molar-refractivity contribution in [1.29, 1.82) is 0 Å². The monoisotopic (exact) mass is 458 g/mol. The van der Waals surface area contributed by atoms with E-state index in [9.17, 15) is 14.7 Å². The molecule has 2 N–H and O–H groups in total. The van der Waals surface area contributed by atoms with E-state index >= 15 is 0 Å². The van der Waals surface area contributed by atoms with Gasteiger partial charge in [-0.25, -0.2) is 0 Å². The number of ether oxygens (including phenoxy) is 1. The first-order valence-electron chi connectivity index (χ1n) is 11.4. The highest BCUT2D eigenvalue weighted by atomic mass is 32.1. The number of rotatable bonds is 12. The summed E-state index contributed by atoms with van der Waals surface area (Å²) in [6, 6.07) is 8.76. The van der Waals surface area contributed by atoms with Gasteiger partial charge < -0.3 is 20.1 Å². The average Bonchev–Trinajstić information content (AvgIpc) is 3.47. The van der Waals surface area contributed by atoms with Gasteiger partial charge in [0.2, 0.25) is 5.91 Å². The van der Waals surface area contributed by atoms with Gasteiger partial charge in [-0.05, 0) is 87.0 Å².